The second-order valence-electron chi connectivity index (χ2n) is 13.0. The molecule has 0 spiro atoms. The van der Waals surface area contributed by atoms with Crippen LogP contribution in [0.25, 0.3) is 44.5 Å². The third-order valence-corrected chi connectivity index (χ3v) is 9.55. The molecule has 0 amide bonds. The highest BCUT2D eigenvalue weighted by molar-refractivity contribution is 6.39. The first-order valence-corrected chi connectivity index (χ1v) is 16.3. The second kappa shape index (κ2) is 14.2. The summed E-state index contributed by atoms with van der Waals surface area (Å²) in [5.41, 5.74) is -29.3. The van der Waals surface area contributed by atoms with Crippen LogP contribution in [0.4, 0.5) is 79.0 Å². The van der Waals surface area contributed by atoms with Crippen molar-refractivity contribution < 1.29 is 79.0 Å². The lowest BCUT2D eigenvalue weighted by molar-refractivity contribution is -0.174. The molecule has 0 saturated heterocycles. The van der Waals surface area contributed by atoms with E-state index in [9.17, 15) is 100 Å². The Labute approximate surface area is 333 Å². The van der Waals surface area contributed by atoms with Crippen molar-refractivity contribution in [1.29, 1.82) is 21.0 Å². The Bertz CT molecular complexity index is 2600. The molecule has 22 heteroatoms. The molecule has 2 aliphatic carbocycles. The van der Waals surface area contributed by atoms with Crippen LogP contribution in [-0.2, 0) is 37.1 Å². The number of alkyl halides is 18. The average molecular weight is 889 g/mol. The van der Waals surface area contributed by atoms with Crippen molar-refractivity contribution >= 4 is 22.3 Å². The van der Waals surface area contributed by atoms with Crippen LogP contribution in [0.1, 0.15) is 55.6 Å². The molecule has 0 unspecified atom stereocenters. The fourth-order valence-corrected chi connectivity index (χ4v) is 7.45. The minimum absolute atomic E-state index is 0.322. The van der Waals surface area contributed by atoms with Gasteiger partial charge in [0.1, 0.15) is 35.4 Å². The maximum atomic E-state index is 14.3. The van der Waals surface area contributed by atoms with Crippen molar-refractivity contribution in [2.24, 2.45) is 0 Å². The zero-order valence-corrected chi connectivity index (χ0v) is 29.4. The summed E-state index contributed by atoms with van der Waals surface area (Å²) in [5.74, 6) is 0. The SMILES string of the molecule is N#CC(C#N)=C1C2=C(C(=C(C#N)C#N)c3cccc(-c4cc(C(F)(F)F)c(C(F)(F)F)c(C(F)(F)F)c4)c32)c2c1cccc2-c1cc(C(F)(F)F)c(C(F)(F)F)c(C(F)(F)F)c1. The summed E-state index contributed by atoms with van der Waals surface area (Å²) in [5, 5.41) is 40.2. The summed E-state index contributed by atoms with van der Waals surface area (Å²) >= 11 is 0. The van der Waals surface area contributed by atoms with Gasteiger partial charge in [0.2, 0.25) is 0 Å². The molecule has 316 valence electrons. The highest BCUT2D eigenvalue weighted by Gasteiger charge is 2.53. The highest BCUT2D eigenvalue weighted by atomic mass is 19.4. The van der Waals surface area contributed by atoms with Crippen LogP contribution < -0.4 is 0 Å². The smallest absolute Gasteiger partial charge is 0.192 e. The standard InChI is InChI=1S/C40H10F18N4/c41-35(42,43)23-7-15(8-24(36(44,45)46)33(23)39(53,54)55)19-3-1-5-21-27(17(11-59)12-60)31-30-20(4-2-6-22(30)28(18(13-61)14-62)32(31)29(19)21)16-9-25(37(47,48)49)34(40(56,57)58)26(10-16)38(50,51)52/h1-10H. The minimum Gasteiger partial charge on any atom is -0.192 e. The Morgan fingerprint density at radius 2 is 0.597 bits per heavy atom. The van der Waals surface area contributed by atoms with Gasteiger partial charge in [-0.3, -0.25) is 0 Å². The van der Waals surface area contributed by atoms with Gasteiger partial charge in [-0.25, -0.2) is 0 Å². The predicted molar refractivity (Wildman–Crippen MR) is 177 cm³/mol. The first kappa shape index (κ1) is 44.4. The largest absolute Gasteiger partial charge is 0.417 e. The fourth-order valence-electron chi connectivity index (χ4n) is 7.45. The molecule has 0 aliphatic heterocycles. The lowest BCUT2D eigenvalue weighted by atomic mass is 9.83. The van der Waals surface area contributed by atoms with Crippen molar-refractivity contribution in [1.82, 2.24) is 0 Å². The van der Waals surface area contributed by atoms with Gasteiger partial charge in [-0.2, -0.15) is 100 Å². The number of allylic oxidation sites excluding steroid dienone is 6. The van der Waals surface area contributed by atoms with Gasteiger partial charge in [0, 0.05) is 22.3 Å². The van der Waals surface area contributed by atoms with E-state index in [1.807, 2.05) is 0 Å². The Morgan fingerprint density at radius 1 is 0.355 bits per heavy atom. The van der Waals surface area contributed by atoms with E-state index in [1.165, 1.54) is 24.3 Å². The van der Waals surface area contributed by atoms with E-state index in [-0.39, 0.29) is 24.3 Å². The van der Waals surface area contributed by atoms with E-state index in [1.54, 1.807) is 0 Å². The van der Waals surface area contributed by atoms with Crippen molar-refractivity contribution in [2.45, 2.75) is 37.1 Å². The molecule has 0 bridgehead atoms. The van der Waals surface area contributed by atoms with Gasteiger partial charge in [-0.1, -0.05) is 36.4 Å². The third kappa shape index (κ3) is 7.15. The number of hydrogen-bond donors (Lipinski definition) is 0. The second-order valence-corrected chi connectivity index (χ2v) is 13.0. The molecular formula is C40H10F18N4. The van der Waals surface area contributed by atoms with Gasteiger partial charge in [0.15, 0.2) is 0 Å². The van der Waals surface area contributed by atoms with Crippen LogP contribution in [0, 0.1) is 45.3 Å². The van der Waals surface area contributed by atoms with Crippen LogP contribution in [0.3, 0.4) is 0 Å². The molecule has 0 atom stereocenters. The maximum Gasteiger partial charge on any atom is 0.417 e. The predicted octanol–water partition coefficient (Wildman–Crippen LogP) is 13.7. The molecule has 0 heterocycles. The number of benzene rings is 4. The number of nitrogens with zero attached hydrogens (tertiary/aromatic N) is 4. The van der Waals surface area contributed by atoms with Gasteiger partial charge >= 0.3 is 37.1 Å². The van der Waals surface area contributed by atoms with Crippen LogP contribution in [0.15, 0.2) is 71.8 Å². The molecule has 2 aliphatic rings. The van der Waals surface area contributed by atoms with Crippen LogP contribution in [0.5, 0.6) is 0 Å². The summed E-state index contributed by atoms with van der Waals surface area (Å²) in [4.78, 5) is 0. The van der Waals surface area contributed by atoms with Crippen LogP contribution >= 0.6 is 0 Å². The first-order chi connectivity index (χ1) is 28.4. The molecule has 0 radical (unpaired) electrons. The Kier molecular flexibility index (Phi) is 10.2. The Hall–Kier alpha value is -7.20. The van der Waals surface area contributed by atoms with E-state index in [2.05, 4.69) is 0 Å². The monoisotopic (exact) mass is 888 g/mol. The Morgan fingerprint density at radius 3 is 0.806 bits per heavy atom. The topological polar surface area (TPSA) is 95.2 Å². The molecule has 0 fully saturated rings. The molecule has 4 aromatic carbocycles. The van der Waals surface area contributed by atoms with E-state index in [0.29, 0.717) is 0 Å². The van der Waals surface area contributed by atoms with E-state index >= 15 is 0 Å². The lowest BCUT2D eigenvalue weighted by Gasteiger charge is -2.23. The van der Waals surface area contributed by atoms with Gasteiger partial charge in [-0.05, 0) is 68.8 Å². The summed E-state index contributed by atoms with van der Waals surface area (Å²) in [7, 11) is 0. The van der Waals surface area contributed by atoms with Crippen LogP contribution in [-0.4, -0.2) is 0 Å². The first-order valence-electron chi connectivity index (χ1n) is 16.3. The van der Waals surface area contributed by atoms with Gasteiger partial charge in [0.25, 0.3) is 0 Å². The molecule has 6 rings (SSSR count). The number of fused-ring (bicyclic) bond motifs is 4. The summed E-state index contributed by atoms with van der Waals surface area (Å²) in [6, 6.07) is 9.53. The van der Waals surface area contributed by atoms with Gasteiger partial charge in [0.05, 0.1) is 33.4 Å². The minimum atomic E-state index is -6.28. The van der Waals surface area contributed by atoms with Crippen molar-refractivity contribution in [2.75, 3.05) is 0 Å². The number of halogens is 18. The van der Waals surface area contributed by atoms with Gasteiger partial charge < -0.3 is 0 Å². The number of nitriles is 4. The van der Waals surface area contributed by atoms with Crippen molar-refractivity contribution in [3.8, 4) is 46.5 Å². The zero-order chi connectivity index (χ0) is 46.4. The van der Waals surface area contributed by atoms with Crippen LogP contribution in [0.2, 0.25) is 0 Å². The molecule has 0 saturated carbocycles. The summed E-state index contributed by atoms with van der Waals surface area (Å²) in [6.45, 7) is 0. The highest BCUT2D eigenvalue weighted by Crippen LogP contribution is 2.63. The number of rotatable bonds is 2. The van der Waals surface area contributed by atoms with Crippen molar-refractivity contribution in [3.05, 3.63) is 127 Å². The van der Waals surface area contributed by atoms with E-state index in [4.69, 9.17) is 0 Å². The third-order valence-electron chi connectivity index (χ3n) is 9.55. The quantitative estimate of drug-likeness (QED) is 0.148. The van der Waals surface area contributed by atoms with E-state index in [0.717, 1.165) is 36.4 Å². The number of hydrogen-bond acceptors (Lipinski definition) is 4. The molecule has 4 aromatic rings. The zero-order valence-electron chi connectivity index (χ0n) is 29.4. The molecule has 4 nitrogen and oxygen atoms in total. The Balaban J connectivity index is 1.87. The molecular weight excluding hydrogens is 878 g/mol. The fraction of sp³-hybridized carbons (Fsp3) is 0.150. The van der Waals surface area contributed by atoms with Gasteiger partial charge in [-0.15, -0.1) is 0 Å². The average Bonchev–Trinajstić information content (AvgIpc) is 3.66. The van der Waals surface area contributed by atoms with Crippen molar-refractivity contribution in [3.63, 3.8) is 0 Å². The summed E-state index contributed by atoms with van der Waals surface area (Å²) < 4.78 is 256. The summed E-state index contributed by atoms with van der Waals surface area (Å²) in [6.07, 6.45) is -37.1. The normalized spacial score (nSPS) is 14.1. The molecule has 0 N–H and O–H groups in total. The molecule has 62 heavy (non-hydrogen) atoms. The molecule has 0 aromatic heterocycles. The lowest BCUT2D eigenvalue weighted by Crippen LogP contribution is -2.23. The maximum absolute atomic E-state index is 14.3. The van der Waals surface area contributed by atoms with E-state index < -0.39 is 148 Å².